The van der Waals surface area contributed by atoms with Gasteiger partial charge < -0.3 is 0 Å². The zero-order valence-corrected chi connectivity index (χ0v) is 11.1. The topological polar surface area (TPSA) is 38.0 Å². The number of nitrogens with two attached hydrogens (primary N) is 1. The van der Waals surface area contributed by atoms with Crippen LogP contribution in [0.15, 0.2) is 48.5 Å². The van der Waals surface area contributed by atoms with E-state index < -0.39 is 0 Å². The molecule has 1 atom stereocenters. The molecule has 0 aliphatic heterocycles. The fraction of sp³-hybridized carbons (Fsp3) is 0.250. The summed E-state index contributed by atoms with van der Waals surface area (Å²) in [5, 5.41) is 0. The van der Waals surface area contributed by atoms with Gasteiger partial charge in [0.2, 0.25) is 0 Å². The van der Waals surface area contributed by atoms with E-state index in [2.05, 4.69) is 24.5 Å². The smallest absolute Gasteiger partial charge is 0.123 e. The standard InChI is InChI=1S/C16H19FN2/c1-2-12-5-3-7-14(9-12)16(19-18)11-13-6-4-8-15(17)10-13/h3-10,16,19H,2,11,18H2,1H3. The van der Waals surface area contributed by atoms with Crippen molar-refractivity contribution >= 4 is 0 Å². The Hall–Kier alpha value is -1.71. The molecular formula is C16H19FN2. The number of nitrogens with one attached hydrogen (secondary N) is 1. The second kappa shape index (κ2) is 6.45. The van der Waals surface area contributed by atoms with E-state index in [4.69, 9.17) is 5.84 Å². The number of rotatable bonds is 5. The van der Waals surface area contributed by atoms with E-state index in [1.807, 2.05) is 18.2 Å². The van der Waals surface area contributed by atoms with E-state index in [1.165, 1.54) is 11.6 Å². The van der Waals surface area contributed by atoms with Crippen molar-refractivity contribution in [2.75, 3.05) is 0 Å². The highest BCUT2D eigenvalue weighted by Gasteiger charge is 2.11. The van der Waals surface area contributed by atoms with Gasteiger partial charge in [0.25, 0.3) is 0 Å². The fourth-order valence-corrected chi connectivity index (χ4v) is 2.20. The number of hydrogen-bond donors (Lipinski definition) is 2. The summed E-state index contributed by atoms with van der Waals surface area (Å²) >= 11 is 0. The lowest BCUT2D eigenvalue weighted by Crippen LogP contribution is -2.29. The summed E-state index contributed by atoms with van der Waals surface area (Å²) in [7, 11) is 0. The third-order valence-corrected chi connectivity index (χ3v) is 3.29. The van der Waals surface area contributed by atoms with Gasteiger partial charge in [-0.05, 0) is 41.7 Å². The van der Waals surface area contributed by atoms with Crippen molar-refractivity contribution < 1.29 is 4.39 Å². The second-order valence-electron chi connectivity index (χ2n) is 4.65. The molecule has 0 saturated carbocycles. The fourth-order valence-electron chi connectivity index (χ4n) is 2.20. The highest BCUT2D eigenvalue weighted by atomic mass is 19.1. The van der Waals surface area contributed by atoms with Crippen LogP contribution in [0, 0.1) is 5.82 Å². The molecule has 2 aromatic rings. The van der Waals surface area contributed by atoms with E-state index >= 15 is 0 Å². The molecule has 3 N–H and O–H groups in total. The van der Waals surface area contributed by atoms with Gasteiger partial charge in [-0.1, -0.05) is 43.3 Å². The lowest BCUT2D eigenvalue weighted by Gasteiger charge is -2.17. The molecular weight excluding hydrogens is 239 g/mol. The number of aryl methyl sites for hydroxylation is 1. The van der Waals surface area contributed by atoms with Crippen LogP contribution in [0.25, 0.3) is 0 Å². The molecule has 2 nitrogen and oxygen atoms in total. The Bertz CT molecular complexity index is 540. The Balaban J connectivity index is 2.19. The van der Waals surface area contributed by atoms with E-state index in [0.29, 0.717) is 6.42 Å². The van der Waals surface area contributed by atoms with Gasteiger partial charge in [0.1, 0.15) is 5.82 Å². The van der Waals surface area contributed by atoms with Crippen molar-refractivity contribution in [2.45, 2.75) is 25.8 Å². The van der Waals surface area contributed by atoms with Gasteiger partial charge >= 0.3 is 0 Å². The minimum atomic E-state index is -0.212. The van der Waals surface area contributed by atoms with Crippen molar-refractivity contribution in [1.29, 1.82) is 0 Å². The average Bonchev–Trinajstić information content (AvgIpc) is 2.45. The van der Waals surface area contributed by atoms with Crippen LogP contribution >= 0.6 is 0 Å². The molecule has 0 spiro atoms. The Morgan fingerprint density at radius 3 is 2.53 bits per heavy atom. The number of hydrazine groups is 1. The minimum absolute atomic E-state index is 0.00620. The highest BCUT2D eigenvalue weighted by molar-refractivity contribution is 5.28. The summed E-state index contributed by atoms with van der Waals surface area (Å²) in [6.45, 7) is 2.12. The molecule has 0 radical (unpaired) electrons. The molecule has 0 bridgehead atoms. The predicted octanol–water partition coefficient (Wildman–Crippen LogP) is 3.14. The summed E-state index contributed by atoms with van der Waals surface area (Å²) in [4.78, 5) is 0. The lowest BCUT2D eigenvalue weighted by molar-refractivity contribution is 0.548. The maximum Gasteiger partial charge on any atom is 0.123 e. The van der Waals surface area contributed by atoms with Crippen molar-refractivity contribution in [3.8, 4) is 0 Å². The Kier molecular flexibility index (Phi) is 4.66. The monoisotopic (exact) mass is 258 g/mol. The number of benzene rings is 2. The molecule has 2 rings (SSSR count). The summed E-state index contributed by atoms with van der Waals surface area (Å²) in [6.07, 6.45) is 1.66. The van der Waals surface area contributed by atoms with Crippen molar-refractivity contribution in [2.24, 2.45) is 5.84 Å². The van der Waals surface area contributed by atoms with Crippen LogP contribution in [0.3, 0.4) is 0 Å². The van der Waals surface area contributed by atoms with Crippen molar-refractivity contribution in [3.05, 3.63) is 71.0 Å². The first kappa shape index (κ1) is 13.7. The third kappa shape index (κ3) is 3.63. The van der Waals surface area contributed by atoms with Crippen LogP contribution in [-0.2, 0) is 12.8 Å². The van der Waals surface area contributed by atoms with Gasteiger partial charge in [0.15, 0.2) is 0 Å². The SMILES string of the molecule is CCc1cccc(C(Cc2cccc(F)c2)NN)c1. The lowest BCUT2D eigenvalue weighted by atomic mass is 9.97. The molecule has 3 heteroatoms. The zero-order chi connectivity index (χ0) is 13.7. The van der Waals surface area contributed by atoms with Gasteiger partial charge in [0, 0.05) is 6.04 Å². The zero-order valence-electron chi connectivity index (χ0n) is 11.1. The van der Waals surface area contributed by atoms with Crippen LogP contribution in [-0.4, -0.2) is 0 Å². The molecule has 0 aliphatic carbocycles. The molecule has 0 aliphatic rings. The summed E-state index contributed by atoms with van der Waals surface area (Å²) < 4.78 is 13.2. The number of halogens is 1. The van der Waals surface area contributed by atoms with Gasteiger partial charge in [-0.25, -0.2) is 4.39 Å². The molecule has 0 saturated heterocycles. The van der Waals surface area contributed by atoms with E-state index in [9.17, 15) is 4.39 Å². The van der Waals surface area contributed by atoms with Crippen molar-refractivity contribution in [1.82, 2.24) is 5.43 Å². The van der Waals surface area contributed by atoms with Crippen LogP contribution < -0.4 is 11.3 Å². The van der Waals surface area contributed by atoms with E-state index in [-0.39, 0.29) is 11.9 Å². The van der Waals surface area contributed by atoms with Crippen LogP contribution in [0.5, 0.6) is 0 Å². The quantitative estimate of drug-likeness (QED) is 0.638. The molecule has 0 amide bonds. The Morgan fingerprint density at radius 1 is 1.11 bits per heavy atom. The second-order valence-corrected chi connectivity index (χ2v) is 4.65. The molecule has 2 aromatic carbocycles. The highest BCUT2D eigenvalue weighted by Crippen LogP contribution is 2.19. The average molecular weight is 258 g/mol. The summed E-state index contributed by atoms with van der Waals surface area (Å²) in [5.74, 6) is 5.43. The maximum atomic E-state index is 13.2. The minimum Gasteiger partial charge on any atom is -0.271 e. The van der Waals surface area contributed by atoms with Gasteiger partial charge in [0.05, 0.1) is 0 Å². The largest absolute Gasteiger partial charge is 0.271 e. The Morgan fingerprint density at radius 2 is 1.84 bits per heavy atom. The predicted molar refractivity (Wildman–Crippen MR) is 76.0 cm³/mol. The first-order valence-electron chi connectivity index (χ1n) is 6.52. The van der Waals surface area contributed by atoms with Gasteiger partial charge in [-0.15, -0.1) is 0 Å². The van der Waals surface area contributed by atoms with Crippen molar-refractivity contribution in [3.63, 3.8) is 0 Å². The van der Waals surface area contributed by atoms with E-state index in [1.54, 1.807) is 12.1 Å². The van der Waals surface area contributed by atoms with E-state index in [0.717, 1.165) is 17.5 Å². The molecule has 100 valence electrons. The first-order chi connectivity index (χ1) is 9.22. The third-order valence-electron chi connectivity index (χ3n) is 3.29. The Labute approximate surface area is 113 Å². The summed E-state index contributed by atoms with van der Waals surface area (Å²) in [5.41, 5.74) is 6.16. The van der Waals surface area contributed by atoms with Crippen LogP contribution in [0.4, 0.5) is 4.39 Å². The van der Waals surface area contributed by atoms with Gasteiger partial charge in [-0.2, -0.15) is 0 Å². The maximum absolute atomic E-state index is 13.2. The van der Waals surface area contributed by atoms with Gasteiger partial charge in [-0.3, -0.25) is 11.3 Å². The summed E-state index contributed by atoms with van der Waals surface area (Å²) in [6, 6.07) is 14.9. The normalized spacial score (nSPS) is 12.4. The molecule has 19 heavy (non-hydrogen) atoms. The van der Waals surface area contributed by atoms with Crippen LogP contribution in [0.2, 0.25) is 0 Å². The molecule has 0 heterocycles. The molecule has 0 aromatic heterocycles. The molecule has 1 unspecified atom stereocenters. The molecule has 0 fully saturated rings. The van der Waals surface area contributed by atoms with Crippen LogP contribution in [0.1, 0.15) is 29.7 Å². The first-order valence-corrected chi connectivity index (χ1v) is 6.52. The number of hydrogen-bond acceptors (Lipinski definition) is 2.